The first kappa shape index (κ1) is 20.9. The van der Waals surface area contributed by atoms with Gasteiger partial charge in [-0.15, -0.1) is 0 Å². The maximum absolute atomic E-state index is 12.7. The molecule has 1 fully saturated rings. The molecule has 1 saturated carbocycles. The van der Waals surface area contributed by atoms with Gasteiger partial charge in [-0.1, -0.05) is 68.5 Å². The molecule has 5 nitrogen and oxygen atoms in total. The number of carbonyl (C=O) groups excluding carboxylic acids is 1. The first-order chi connectivity index (χ1) is 14.5. The van der Waals surface area contributed by atoms with Crippen molar-refractivity contribution in [2.75, 3.05) is 5.75 Å². The van der Waals surface area contributed by atoms with Gasteiger partial charge in [0.05, 0.1) is 5.75 Å². The Morgan fingerprint density at radius 1 is 0.933 bits per heavy atom. The van der Waals surface area contributed by atoms with Gasteiger partial charge >= 0.3 is 0 Å². The molecule has 0 spiro atoms. The molecule has 30 heavy (non-hydrogen) atoms. The molecular formula is C24H29NO4S. The highest BCUT2D eigenvalue weighted by molar-refractivity contribution is 7.90. The zero-order chi connectivity index (χ0) is 21.0. The largest absolute Gasteiger partial charge is 0.457 e. The third-order valence-electron chi connectivity index (χ3n) is 6.22. The fourth-order valence-electron chi connectivity index (χ4n) is 4.72. The SMILES string of the molecule is O=C(CC1c2ccccc2Oc2ccccc21)NS(=O)(=O)CCCC1CCCCC1. The van der Waals surface area contributed by atoms with E-state index >= 15 is 0 Å². The lowest BCUT2D eigenvalue weighted by Gasteiger charge is -2.27. The molecule has 0 atom stereocenters. The van der Waals surface area contributed by atoms with Gasteiger partial charge in [0.15, 0.2) is 0 Å². The molecule has 0 aromatic heterocycles. The summed E-state index contributed by atoms with van der Waals surface area (Å²) >= 11 is 0. The second kappa shape index (κ2) is 9.21. The predicted molar refractivity (Wildman–Crippen MR) is 117 cm³/mol. The quantitative estimate of drug-likeness (QED) is 0.666. The molecule has 0 saturated heterocycles. The molecule has 0 radical (unpaired) electrons. The van der Waals surface area contributed by atoms with Gasteiger partial charge in [0.2, 0.25) is 15.9 Å². The Hall–Kier alpha value is -2.34. The van der Waals surface area contributed by atoms with Crippen LogP contribution >= 0.6 is 0 Å². The molecule has 0 bridgehead atoms. The van der Waals surface area contributed by atoms with Gasteiger partial charge in [0.25, 0.3) is 0 Å². The zero-order valence-electron chi connectivity index (χ0n) is 17.2. The summed E-state index contributed by atoms with van der Waals surface area (Å²) in [6, 6.07) is 15.2. The van der Waals surface area contributed by atoms with Gasteiger partial charge in [-0.05, 0) is 30.9 Å². The van der Waals surface area contributed by atoms with Gasteiger partial charge < -0.3 is 4.74 Å². The van der Waals surface area contributed by atoms with E-state index in [0.717, 1.165) is 17.5 Å². The highest BCUT2D eigenvalue weighted by Crippen LogP contribution is 2.45. The topological polar surface area (TPSA) is 72.5 Å². The fourth-order valence-corrected chi connectivity index (χ4v) is 5.80. The van der Waals surface area contributed by atoms with Gasteiger partial charge in [-0.2, -0.15) is 0 Å². The number of sulfonamides is 1. The average molecular weight is 428 g/mol. The van der Waals surface area contributed by atoms with Crippen LogP contribution in [-0.2, 0) is 14.8 Å². The maximum atomic E-state index is 12.7. The molecule has 160 valence electrons. The van der Waals surface area contributed by atoms with Gasteiger partial charge in [0, 0.05) is 23.5 Å². The van der Waals surface area contributed by atoms with Crippen LogP contribution in [-0.4, -0.2) is 20.1 Å². The van der Waals surface area contributed by atoms with E-state index in [1.807, 2.05) is 48.5 Å². The Labute approximate surface area is 178 Å². The number of fused-ring (bicyclic) bond motifs is 2. The molecule has 1 aliphatic heterocycles. The van der Waals surface area contributed by atoms with Gasteiger partial charge in [-0.3, -0.25) is 9.52 Å². The van der Waals surface area contributed by atoms with Gasteiger partial charge in [0.1, 0.15) is 11.5 Å². The van der Waals surface area contributed by atoms with Gasteiger partial charge in [-0.25, -0.2) is 8.42 Å². The van der Waals surface area contributed by atoms with Crippen LogP contribution in [0.2, 0.25) is 0 Å². The molecule has 4 rings (SSSR count). The number of carbonyl (C=O) groups is 1. The molecule has 6 heteroatoms. The van der Waals surface area contributed by atoms with E-state index in [0.29, 0.717) is 23.8 Å². The summed E-state index contributed by atoms with van der Waals surface area (Å²) in [5.74, 6) is 1.37. The highest BCUT2D eigenvalue weighted by Gasteiger charge is 2.29. The number of para-hydroxylation sites is 2. The Morgan fingerprint density at radius 3 is 2.17 bits per heavy atom. The van der Waals surface area contributed by atoms with Crippen molar-refractivity contribution < 1.29 is 17.9 Å². The maximum Gasteiger partial charge on any atom is 0.234 e. The van der Waals surface area contributed by atoms with Crippen molar-refractivity contribution in [3.63, 3.8) is 0 Å². The highest BCUT2D eigenvalue weighted by atomic mass is 32.2. The first-order valence-electron chi connectivity index (χ1n) is 10.9. The van der Waals surface area contributed by atoms with E-state index in [1.54, 1.807) is 0 Å². The molecular weight excluding hydrogens is 398 g/mol. The first-order valence-corrected chi connectivity index (χ1v) is 12.6. The zero-order valence-corrected chi connectivity index (χ0v) is 18.0. The summed E-state index contributed by atoms with van der Waals surface area (Å²) in [6.45, 7) is 0. The van der Waals surface area contributed by atoms with E-state index in [9.17, 15) is 13.2 Å². The van der Waals surface area contributed by atoms with E-state index in [1.165, 1.54) is 32.1 Å². The third-order valence-corrected chi connectivity index (χ3v) is 7.58. The number of hydrogen-bond donors (Lipinski definition) is 1. The van der Waals surface area contributed by atoms with E-state index < -0.39 is 15.9 Å². The van der Waals surface area contributed by atoms with Crippen molar-refractivity contribution in [2.45, 2.75) is 57.3 Å². The van der Waals surface area contributed by atoms with Crippen molar-refractivity contribution in [2.24, 2.45) is 5.92 Å². The van der Waals surface area contributed by atoms with Crippen LogP contribution < -0.4 is 9.46 Å². The van der Waals surface area contributed by atoms with Crippen molar-refractivity contribution in [3.8, 4) is 11.5 Å². The number of nitrogens with one attached hydrogen (secondary N) is 1. The number of amides is 1. The van der Waals surface area contributed by atoms with Crippen LogP contribution in [0.1, 0.15) is 68.4 Å². The lowest BCUT2D eigenvalue weighted by Crippen LogP contribution is -2.34. The minimum atomic E-state index is -3.62. The van der Waals surface area contributed by atoms with E-state index in [2.05, 4.69) is 4.72 Å². The summed E-state index contributed by atoms with van der Waals surface area (Å²) in [5, 5.41) is 0. The Bertz CT molecular complexity index is 950. The average Bonchev–Trinajstić information content (AvgIpc) is 2.74. The van der Waals surface area contributed by atoms with Crippen LogP contribution in [0.5, 0.6) is 11.5 Å². The van der Waals surface area contributed by atoms with Crippen LogP contribution in [0.3, 0.4) is 0 Å². The normalized spacial score (nSPS) is 16.9. The third kappa shape index (κ3) is 5.04. The molecule has 0 unspecified atom stereocenters. The molecule has 1 aliphatic carbocycles. The minimum absolute atomic E-state index is 0.0101. The standard InChI is InChI=1S/C24H29NO4S/c26-24(25-30(27,28)16-8-11-18-9-2-1-3-10-18)17-21-19-12-4-6-14-22(19)29-23-15-7-5-13-20(21)23/h4-7,12-15,18,21H,1-3,8-11,16-17H2,(H,25,26). The molecule has 1 amide bonds. The summed E-state index contributed by atoms with van der Waals surface area (Å²) < 4.78 is 33.2. The van der Waals surface area contributed by atoms with Crippen molar-refractivity contribution in [3.05, 3.63) is 59.7 Å². The minimum Gasteiger partial charge on any atom is -0.457 e. The number of rotatable bonds is 7. The Kier molecular flexibility index (Phi) is 6.42. The van der Waals surface area contributed by atoms with E-state index in [4.69, 9.17) is 4.74 Å². The number of ether oxygens (including phenoxy) is 1. The lowest BCUT2D eigenvalue weighted by atomic mass is 9.85. The summed E-state index contributed by atoms with van der Waals surface area (Å²) in [6.07, 6.45) is 7.81. The molecule has 2 aliphatic rings. The lowest BCUT2D eigenvalue weighted by molar-refractivity contribution is -0.119. The van der Waals surface area contributed by atoms with Crippen LogP contribution in [0, 0.1) is 5.92 Å². The van der Waals surface area contributed by atoms with Crippen molar-refractivity contribution in [1.29, 1.82) is 0 Å². The summed E-state index contributed by atoms with van der Waals surface area (Å²) in [5.41, 5.74) is 1.81. The number of benzene rings is 2. The summed E-state index contributed by atoms with van der Waals surface area (Å²) in [4.78, 5) is 12.7. The molecule has 2 aromatic rings. The molecule has 1 N–H and O–H groups in total. The Balaban J connectivity index is 1.39. The second-order valence-electron chi connectivity index (χ2n) is 8.42. The Morgan fingerprint density at radius 2 is 1.53 bits per heavy atom. The molecule has 1 heterocycles. The van der Waals surface area contributed by atoms with Crippen molar-refractivity contribution in [1.82, 2.24) is 4.72 Å². The fraction of sp³-hybridized carbons (Fsp3) is 0.458. The van der Waals surface area contributed by atoms with Crippen molar-refractivity contribution >= 4 is 15.9 Å². The van der Waals surface area contributed by atoms with E-state index in [-0.39, 0.29) is 18.1 Å². The smallest absolute Gasteiger partial charge is 0.234 e. The summed E-state index contributed by atoms with van der Waals surface area (Å²) in [7, 11) is -3.62. The number of hydrogen-bond acceptors (Lipinski definition) is 4. The molecule has 2 aromatic carbocycles. The predicted octanol–water partition coefficient (Wildman–Crippen LogP) is 5.12. The van der Waals surface area contributed by atoms with Crippen LogP contribution in [0.25, 0.3) is 0 Å². The van der Waals surface area contributed by atoms with Crippen LogP contribution in [0.4, 0.5) is 0 Å². The van der Waals surface area contributed by atoms with Crippen LogP contribution in [0.15, 0.2) is 48.5 Å². The monoisotopic (exact) mass is 427 g/mol. The second-order valence-corrected chi connectivity index (χ2v) is 10.3.